The SMILES string of the molecule is COCCOCCOc1ccc(CBr)cc1F. The molecule has 0 spiro atoms. The summed E-state index contributed by atoms with van der Waals surface area (Å²) < 4.78 is 28.7. The van der Waals surface area contributed by atoms with Gasteiger partial charge >= 0.3 is 0 Å². The van der Waals surface area contributed by atoms with Gasteiger partial charge in [0.1, 0.15) is 6.61 Å². The molecule has 0 aromatic heterocycles. The molecule has 0 aliphatic heterocycles. The summed E-state index contributed by atoms with van der Waals surface area (Å²) in [6.45, 7) is 1.82. The average Bonchev–Trinajstić information content (AvgIpc) is 2.35. The van der Waals surface area contributed by atoms with E-state index in [1.807, 2.05) is 6.07 Å². The first-order valence-corrected chi connectivity index (χ1v) is 6.44. The molecule has 0 bridgehead atoms. The maximum absolute atomic E-state index is 13.5. The fourth-order valence-electron chi connectivity index (χ4n) is 1.20. The zero-order chi connectivity index (χ0) is 12.5. The lowest BCUT2D eigenvalue weighted by Gasteiger charge is -2.08. The van der Waals surface area contributed by atoms with Gasteiger partial charge in [0.2, 0.25) is 0 Å². The predicted molar refractivity (Wildman–Crippen MR) is 67.2 cm³/mol. The third kappa shape index (κ3) is 5.48. The van der Waals surface area contributed by atoms with Gasteiger partial charge in [0.05, 0.1) is 19.8 Å². The highest BCUT2D eigenvalue weighted by Crippen LogP contribution is 2.19. The van der Waals surface area contributed by atoms with Crippen LogP contribution in [-0.4, -0.2) is 33.5 Å². The van der Waals surface area contributed by atoms with Gasteiger partial charge in [0.15, 0.2) is 11.6 Å². The molecule has 96 valence electrons. The number of ether oxygens (including phenoxy) is 3. The number of methoxy groups -OCH3 is 1. The topological polar surface area (TPSA) is 27.7 Å². The zero-order valence-electron chi connectivity index (χ0n) is 9.75. The molecule has 0 radical (unpaired) electrons. The van der Waals surface area contributed by atoms with E-state index in [1.165, 1.54) is 6.07 Å². The predicted octanol–water partition coefficient (Wildman–Crippen LogP) is 2.76. The molecule has 17 heavy (non-hydrogen) atoms. The van der Waals surface area contributed by atoms with Crippen LogP contribution >= 0.6 is 15.9 Å². The van der Waals surface area contributed by atoms with E-state index in [0.717, 1.165) is 5.56 Å². The molecule has 0 N–H and O–H groups in total. The molecule has 0 aliphatic carbocycles. The van der Waals surface area contributed by atoms with Gasteiger partial charge in [0.25, 0.3) is 0 Å². The Morgan fingerprint density at radius 3 is 2.59 bits per heavy atom. The third-order valence-electron chi connectivity index (χ3n) is 2.07. The van der Waals surface area contributed by atoms with Crippen LogP contribution in [0.25, 0.3) is 0 Å². The van der Waals surface area contributed by atoms with Crippen LogP contribution in [0.1, 0.15) is 5.56 Å². The van der Waals surface area contributed by atoms with Gasteiger partial charge in [-0.3, -0.25) is 0 Å². The highest BCUT2D eigenvalue weighted by molar-refractivity contribution is 9.08. The van der Waals surface area contributed by atoms with E-state index in [-0.39, 0.29) is 11.6 Å². The van der Waals surface area contributed by atoms with Crippen molar-refractivity contribution in [3.8, 4) is 5.75 Å². The van der Waals surface area contributed by atoms with Crippen LogP contribution in [0.2, 0.25) is 0 Å². The van der Waals surface area contributed by atoms with Crippen LogP contribution in [0.3, 0.4) is 0 Å². The molecular weight excluding hydrogens is 291 g/mol. The Morgan fingerprint density at radius 1 is 1.18 bits per heavy atom. The van der Waals surface area contributed by atoms with Gasteiger partial charge in [-0.15, -0.1) is 0 Å². The molecule has 0 fully saturated rings. The molecule has 0 saturated carbocycles. The largest absolute Gasteiger partial charge is 0.488 e. The van der Waals surface area contributed by atoms with Crippen molar-refractivity contribution >= 4 is 15.9 Å². The lowest BCUT2D eigenvalue weighted by Crippen LogP contribution is -2.10. The minimum absolute atomic E-state index is 0.255. The Kier molecular flexibility index (Phi) is 7.16. The third-order valence-corrected chi connectivity index (χ3v) is 2.72. The molecule has 0 aliphatic rings. The summed E-state index contributed by atoms with van der Waals surface area (Å²) in [5, 5.41) is 0.629. The Labute approximate surface area is 109 Å². The van der Waals surface area contributed by atoms with Crippen LogP contribution in [0.5, 0.6) is 5.75 Å². The number of rotatable bonds is 8. The summed E-state index contributed by atoms with van der Waals surface area (Å²) in [6.07, 6.45) is 0. The number of halogens is 2. The van der Waals surface area contributed by atoms with Gasteiger partial charge in [-0.25, -0.2) is 4.39 Å². The lowest BCUT2D eigenvalue weighted by atomic mass is 10.2. The second-order valence-electron chi connectivity index (χ2n) is 3.35. The second-order valence-corrected chi connectivity index (χ2v) is 3.91. The minimum atomic E-state index is -0.348. The van der Waals surface area contributed by atoms with Gasteiger partial charge < -0.3 is 14.2 Å². The number of hydrogen-bond acceptors (Lipinski definition) is 3. The quantitative estimate of drug-likeness (QED) is 0.546. The van der Waals surface area contributed by atoms with Crippen molar-refractivity contribution < 1.29 is 18.6 Å². The second kappa shape index (κ2) is 8.44. The van der Waals surface area contributed by atoms with Crippen molar-refractivity contribution in [3.63, 3.8) is 0 Å². The zero-order valence-corrected chi connectivity index (χ0v) is 11.3. The number of alkyl halides is 1. The Morgan fingerprint density at radius 2 is 1.94 bits per heavy atom. The highest BCUT2D eigenvalue weighted by atomic mass is 79.9. The molecule has 1 aromatic carbocycles. The van der Waals surface area contributed by atoms with E-state index < -0.39 is 0 Å². The molecule has 0 saturated heterocycles. The Balaban J connectivity index is 2.27. The van der Waals surface area contributed by atoms with E-state index in [9.17, 15) is 4.39 Å². The molecule has 0 heterocycles. The van der Waals surface area contributed by atoms with Crippen LogP contribution < -0.4 is 4.74 Å². The monoisotopic (exact) mass is 306 g/mol. The Hall–Kier alpha value is -0.650. The summed E-state index contributed by atoms with van der Waals surface area (Å²) in [6, 6.07) is 4.90. The van der Waals surface area contributed by atoms with Crippen molar-refractivity contribution in [1.82, 2.24) is 0 Å². The normalized spacial score (nSPS) is 10.5. The lowest BCUT2D eigenvalue weighted by molar-refractivity contribution is 0.0538. The van der Waals surface area contributed by atoms with E-state index in [2.05, 4.69) is 15.9 Å². The summed E-state index contributed by atoms with van der Waals surface area (Å²) in [5.74, 6) is -0.0936. The molecule has 1 aromatic rings. The minimum Gasteiger partial charge on any atom is -0.488 e. The first-order chi connectivity index (χ1) is 8.27. The summed E-state index contributed by atoms with van der Waals surface area (Å²) in [7, 11) is 1.61. The summed E-state index contributed by atoms with van der Waals surface area (Å²) in [4.78, 5) is 0. The van der Waals surface area contributed by atoms with Crippen molar-refractivity contribution in [2.24, 2.45) is 0 Å². The van der Waals surface area contributed by atoms with Crippen LogP contribution in [-0.2, 0) is 14.8 Å². The Bertz CT molecular complexity index is 334. The standard InChI is InChI=1S/C12H16BrFO3/c1-15-4-5-16-6-7-17-12-3-2-10(9-13)8-11(12)14/h2-3,8H,4-7,9H2,1H3. The van der Waals surface area contributed by atoms with Crippen LogP contribution in [0.15, 0.2) is 18.2 Å². The van der Waals surface area contributed by atoms with Crippen LogP contribution in [0, 0.1) is 5.82 Å². The molecule has 5 heteroatoms. The van der Waals surface area contributed by atoms with Crippen molar-refractivity contribution in [2.75, 3.05) is 33.5 Å². The molecule has 0 unspecified atom stereocenters. The average molecular weight is 307 g/mol. The van der Waals surface area contributed by atoms with E-state index in [0.29, 0.717) is 31.8 Å². The van der Waals surface area contributed by atoms with E-state index in [4.69, 9.17) is 14.2 Å². The van der Waals surface area contributed by atoms with Crippen molar-refractivity contribution in [2.45, 2.75) is 5.33 Å². The van der Waals surface area contributed by atoms with Crippen molar-refractivity contribution in [3.05, 3.63) is 29.6 Å². The van der Waals surface area contributed by atoms with E-state index in [1.54, 1.807) is 13.2 Å². The first kappa shape index (κ1) is 14.4. The molecule has 3 nitrogen and oxygen atoms in total. The maximum atomic E-state index is 13.5. The van der Waals surface area contributed by atoms with Crippen LogP contribution in [0.4, 0.5) is 4.39 Å². The van der Waals surface area contributed by atoms with Gasteiger partial charge in [-0.1, -0.05) is 22.0 Å². The number of benzene rings is 1. The molecule has 0 amide bonds. The molecule has 1 rings (SSSR count). The summed E-state index contributed by atoms with van der Waals surface area (Å²) >= 11 is 3.26. The van der Waals surface area contributed by atoms with E-state index >= 15 is 0 Å². The highest BCUT2D eigenvalue weighted by Gasteiger charge is 2.03. The first-order valence-electron chi connectivity index (χ1n) is 5.31. The fraction of sp³-hybridized carbons (Fsp3) is 0.500. The molecular formula is C12H16BrFO3. The van der Waals surface area contributed by atoms with Gasteiger partial charge in [0, 0.05) is 12.4 Å². The fourth-order valence-corrected chi connectivity index (χ4v) is 1.55. The number of hydrogen-bond donors (Lipinski definition) is 0. The maximum Gasteiger partial charge on any atom is 0.165 e. The summed E-state index contributed by atoms with van der Waals surface area (Å²) in [5.41, 5.74) is 0.881. The molecule has 0 atom stereocenters. The van der Waals surface area contributed by atoms with Gasteiger partial charge in [-0.2, -0.15) is 0 Å². The van der Waals surface area contributed by atoms with Gasteiger partial charge in [-0.05, 0) is 17.7 Å². The van der Waals surface area contributed by atoms with Crippen molar-refractivity contribution in [1.29, 1.82) is 0 Å². The smallest absolute Gasteiger partial charge is 0.165 e.